The van der Waals surface area contributed by atoms with E-state index in [4.69, 9.17) is 0 Å². The Kier molecular flexibility index (Phi) is 4.94. The van der Waals surface area contributed by atoms with E-state index in [0.29, 0.717) is 12.1 Å². The minimum atomic E-state index is -3.18. The predicted molar refractivity (Wildman–Crippen MR) is 92.9 cm³/mol. The molecule has 1 aliphatic rings. The average Bonchev–Trinajstić information content (AvgIpc) is 3.23. The summed E-state index contributed by atoms with van der Waals surface area (Å²) in [6.07, 6.45) is 7.66. The van der Waals surface area contributed by atoms with Crippen molar-refractivity contribution in [2.75, 3.05) is 18.1 Å². The van der Waals surface area contributed by atoms with E-state index in [-0.39, 0.29) is 24.0 Å². The van der Waals surface area contributed by atoms with Crippen molar-refractivity contribution >= 4 is 15.7 Å². The van der Waals surface area contributed by atoms with Crippen LogP contribution in [0.15, 0.2) is 24.8 Å². The summed E-state index contributed by atoms with van der Waals surface area (Å²) in [5.41, 5.74) is 1.24. The minimum Gasteiger partial charge on any atom is -0.329 e. The standard InChI is InChI=1S/C16H23N5O3S/c1-3-5-20-11-14(9-18-20)16(22)21-6-7-25(23,24)12-15(21)13-8-17-19(4-2)10-13/h8-11,15H,3-7,12H2,1-2H3/t15-/m1/s1. The van der Waals surface area contributed by atoms with Gasteiger partial charge in [0.1, 0.15) is 0 Å². The second-order valence-corrected chi connectivity index (χ2v) is 8.48. The molecule has 0 aliphatic carbocycles. The van der Waals surface area contributed by atoms with Crippen LogP contribution in [-0.2, 0) is 22.9 Å². The highest BCUT2D eigenvalue weighted by molar-refractivity contribution is 7.91. The van der Waals surface area contributed by atoms with Crippen molar-refractivity contribution in [3.05, 3.63) is 35.9 Å². The van der Waals surface area contributed by atoms with Crippen LogP contribution >= 0.6 is 0 Å². The maximum atomic E-state index is 12.9. The lowest BCUT2D eigenvalue weighted by Crippen LogP contribution is -2.46. The van der Waals surface area contributed by atoms with Crippen LogP contribution in [0.25, 0.3) is 0 Å². The van der Waals surface area contributed by atoms with Crippen LogP contribution in [-0.4, -0.2) is 56.8 Å². The summed E-state index contributed by atoms with van der Waals surface area (Å²) in [4.78, 5) is 14.6. The van der Waals surface area contributed by atoms with E-state index in [0.717, 1.165) is 18.5 Å². The van der Waals surface area contributed by atoms with E-state index in [9.17, 15) is 13.2 Å². The van der Waals surface area contributed by atoms with Crippen LogP contribution in [0.4, 0.5) is 0 Å². The maximum absolute atomic E-state index is 12.9. The Morgan fingerprint density at radius 3 is 2.64 bits per heavy atom. The molecule has 1 amide bonds. The molecule has 1 saturated heterocycles. The molecule has 0 saturated carbocycles. The van der Waals surface area contributed by atoms with Gasteiger partial charge in [-0.3, -0.25) is 14.2 Å². The molecule has 1 aliphatic heterocycles. The minimum absolute atomic E-state index is 0.0136. The Morgan fingerprint density at radius 2 is 1.96 bits per heavy atom. The van der Waals surface area contributed by atoms with Crippen LogP contribution in [0.5, 0.6) is 0 Å². The number of aryl methyl sites for hydroxylation is 2. The summed E-state index contributed by atoms with van der Waals surface area (Å²) in [7, 11) is -3.18. The van der Waals surface area contributed by atoms with Gasteiger partial charge in [-0.05, 0) is 13.3 Å². The molecule has 0 bridgehead atoms. The smallest absolute Gasteiger partial charge is 0.257 e. The summed E-state index contributed by atoms with van der Waals surface area (Å²) in [5, 5.41) is 8.42. The van der Waals surface area contributed by atoms with Gasteiger partial charge in [0, 0.05) is 37.6 Å². The van der Waals surface area contributed by atoms with E-state index < -0.39 is 15.9 Å². The second kappa shape index (κ2) is 6.99. The lowest BCUT2D eigenvalue weighted by molar-refractivity contribution is 0.0697. The SMILES string of the molecule is CCCn1cc(C(=O)N2CCS(=O)(=O)C[C@@H]2c2cnn(CC)c2)cn1. The van der Waals surface area contributed by atoms with Crippen molar-refractivity contribution in [2.24, 2.45) is 0 Å². The second-order valence-electron chi connectivity index (χ2n) is 6.25. The van der Waals surface area contributed by atoms with Gasteiger partial charge in [0.05, 0.1) is 35.5 Å². The third-order valence-corrected chi connectivity index (χ3v) is 6.02. The molecule has 3 heterocycles. The molecule has 25 heavy (non-hydrogen) atoms. The number of nitrogens with zero attached hydrogens (tertiary/aromatic N) is 5. The third kappa shape index (κ3) is 3.76. The number of hydrogen-bond acceptors (Lipinski definition) is 5. The van der Waals surface area contributed by atoms with Crippen molar-refractivity contribution < 1.29 is 13.2 Å². The summed E-state index contributed by atoms with van der Waals surface area (Å²) < 4.78 is 27.7. The molecule has 136 valence electrons. The molecule has 1 atom stereocenters. The zero-order valence-electron chi connectivity index (χ0n) is 14.5. The number of hydrogen-bond donors (Lipinski definition) is 0. The molecule has 0 unspecified atom stereocenters. The molecule has 0 N–H and O–H groups in total. The Labute approximate surface area is 147 Å². The molecule has 0 aromatic carbocycles. The number of amides is 1. The largest absolute Gasteiger partial charge is 0.329 e. The molecular formula is C16H23N5O3S. The molecule has 0 spiro atoms. The summed E-state index contributed by atoms with van der Waals surface area (Å²) in [6.45, 7) is 5.62. The Bertz CT molecular complexity index is 855. The van der Waals surface area contributed by atoms with Gasteiger partial charge in [-0.1, -0.05) is 6.92 Å². The van der Waals surface area contributed by atoms with Crippen LogP contribution in [0.3, 0.4) is 0 Å². The molecule has 2 aromatic rings. The zero-order chi connectivity index (χ0) is 18.0. The van der Waals surface area contributed by atoms with Gasteiger partial charge in [-0.25, -0.2) is 8.42 Å². The number of carbonyl (C=O) groups excluding carboxylic acids is 1. The van der Waals surface area contributed by atoms with Crippen molar-refractivity contribution in [2.45, 2.75) is 39.4 Å². The van der Waals surface area contributed by atoms with E-state index in [2.05, 4.69) is 10.2 Å². The van der Waals surface area contributed by atoms with Gasteiger partial charge in [0.2, 0.25) is 0 Å². The van der Waals surface area contributed by atoms with E-state index in [1.54, 1.807) is 32.9 Å². The summed E-state index contributed by atoms with van der Waals surface area (Å²) >= 11 is 0. The molecule has 9 heteroatoms. The van der Waals surface area contributed by atoms with Gasteiger partial charge >= 0.3 is 0 Å². The fourth-order valence-corrected chi connectivity index (χ4v) is 4.54. The van der Waals surface area contributed by atoms with Gasteiger partial charge in [0.15, 0.2) is 9.84 Å². The monoisotopic (exact) mass is 365 g/mol. The van der Waals surface area contributed by atoms with Gasteiger partial charge in [-0.2, -0.15) is 10.2 Å². The zero-order valence-corrected chi connectivity index (χ0v) is 15.3. The Balaban J connectivity index is 1.89. The fourth-order valence-electron chi connectivity index (χ4n) is 3.04. The van der Waals surface area contributed by atoms with E-state index in [1.807, 2.05) is 20.0 Å². The van der Waals surface area contributed by atoms with Crippen LogP contribution in [0.1, 0.15) is 42.2 Å². The fraction of sp³-hybridized carbons (Fsp3) is 0.562. The lowest BCUT2D eigenvalue weighted by Gasteiger charge is -2.34. The van der Waals surface area contributed by atoms with Crippen LogP contribution in [0, 0.1) is 0 Å². The van der Waals surface area contributed by atoms with Crippen molar-refractivity contribution in [3.63, 3.8) is 0 Å². The van der Waals surface area contributed by atoms with Crippen molar-refractivity contribution in [1.82, 2.24) is 24.5 Å². The quantitative estimate of drug-likeness (QED) is 0.792. The molecule has 2 aromatic heterocycles. The molecule has 0 radical (unpaired) electrons. The van der Waals surface area contributed by atoms with E-state index in [1.165, 1.54) is 0 Å². The first kappa shape index (κ1) is 17.7. The Morgan fingerprint density at radius 1 is 1.20 bits per heavy atom. The molecular weight excluding hydrogens is 342 g/mol. The summed E-state index contributed by atoms with van der Waals surface area (Å²) in [5.74, 6) is -0.274. The number of carbonyl (C=O) groups is 1. The maximum Gasteiger partial charge on any atom is 0.257 e. The average molecular weight is 365 g/mol. The first-order valence-electron chi connectivity index (χ1n) is 8.49. The highest BCUT2D eigenvalue weighted by atomic mass is 32.2. The lowest BCUT2D eigenvalue weighted by atomic mass is 10.1. The van der Waals surface area contributed by atoms with Gasteiger partial charge in [0.25, 0.3) is 5.91 Å². The molecule has 3 rings (SSSR count). The van der Waals surface area contributed by atoms with E-state index >= 15 is 0 Å². The Hall–Kier alpha value is -2.16. The number of aromatic nitrogens is 4. The summed E-state index contributed by atoms with van der Waals surface area (Å²) in [6, 6.07) is -0.513. The first-order chi connectivity index (χ1) is 11.9. The highest BCUT2D eigenvalue weighted by Crippen LogP contribution is 2.28. The topological polar surface area (TPSA) is 90.1 Å². The first-order valence-corrected chi connectivity index (χ1v) is 10.3. The molecule has 8 nitrogen and oxygen atoms in total. The van der Waals surface area contributed by atoms with Gasteiger partial charge < -0.3 is 4.90 Å². The normalized spacial score (nSPS) is 19.9. The number of rotatable bonds is 5. The predicted octanol–water partition coefficient (Wildman–Crippen LogP) is 1.12. The van der Waals surface area contributed by atoms with Crippen molar-refractivity contribution in [1.29, 1.82) is 0 Å². The van der Waals surface area contributed by atoms with Crippen LogP contribution < -0.4 is 0 Å². The highest BCUT2D eigenvalue weighted by Gasteiger charge is 2.36. The van der Waals surface area contributed by atoms with Gasteiger partial charge in [-0.15, -0.1) is 0 Å². The third-order valence-electron chi connectivity index (χ3n) is 4.39. The molecule has 1 fully saturated rings. The van der Waals surface area contributed by atoms with Crippen LogP contribution in [0.2, 0.25) is 0 Å². The number of sulfone groups is 1. The van der Waals surface area contributed by atoms with Crippen molar-refractivity contribution in [3.8, 4) is 0 Å².